The van der Waals surface area contributed by atoms with Crippen LogP contribution in [0.25, 0.3) is 0 Å². The third kappa shape index (κ3) is 4.14. The third-order valence-corrected chi connectivity index (χ3v) is 5.40. The van der Waals surface area contributed by atoms with Crippen LogP contribution in [0.4, 0.5) is 8.78 Å². The van der Waals surface area contributed by atoms with Gasteiger partial charge in [-0.05, 0) is 42.1 Å². The van der Waals surface area contributed by atoms with Crippen molar-refractivity contribution in [1.82, 2.24) is 10.2 Å². The molecule has 1 fully saturated rings. The first-order valence-corrected chi connectivity index (χ1v) is 9.97. The van der Waals surface area contributed by atoms with Gasteiger partial charge in [-0.2, -0.15) is 8.78 Å². The molecule has 32 heavy (non-hydrogen) atoms. The lowest BCUT2D eigenvalue weighted by atomic mass is 9.97. The van der Waals surface area contributed by atoms with Crippen molar-refractivity contribution in [3.63, 3.8) is 0 Å². The zero-order chi connectivity index (χ0) is 27.4. The normalized spacial score (nSPS) is 23.3. The number of benzene rings is 2. The maximum Gasteiger partial charge on any atom is 0.330 e. The van der Waals surface area contributed by atoms with Crippen LogP contribution in [0.15, 0.2) is 42.4 Å². The summed E-state index contributed by atoms with van der Waals surface area (Å²) in [7, 11) is 0. The highest BCUT2D eigenvalue weighted by Crippen LogP contribution is 2.32. The van der Waals surface area contributed by atoms with Crippen LogP contribution in [0.5, 0.6) is 0 Å². The second-order valence-electron chi connectivity index (χ2n) is 7.28. The summed E-state index contributed by atoms with van der Waals surface area (Å²) in [6.07, 6.45) is -3.24. The number of amides is 3. The minimum Gasteiger partial charge on any atom is -0.322 e. The molecule has 1 saturated heterocycles. The largest absolute Gasteiger partial charge is 0.330 e. The molecule has 2 aromatic carbocycles. The van der Waals surface area contributed by atoms with Gasteiger partial charge < -0.3 is 4.90 Å². The topological polar surface area (TPSA) is 83.6 Å². The number of ketones is 1. The van der Waals surface area contributed by atoms with Crippen LogP contribution in [0.3, 0.4) is 0 Å². The number of hydrogen-bond donors (Lipinski definition) is 1. The van der Waals surface area contributed by atoms with Gasteiger partial charge in [-0.3, -0.25) is 24.5 Å². The number of imide groups is 1. The van der Waals surface area contributed by atoms with E-state index in [0.29, 0.717) is 4.90 Å². The molecule has 6 nitrogen and oxygen atoms in total. The molecule has 2 aromatic rings. The molecule has 0 saturated carbocycles. The number of fused-ring (bicyclic) bond motifs is 1. The van der Waals surface area contributed by atoms with Crippen LogP contribution in [0, 0.1) is 0 Å². The van der Waals surface area contributed by atoms with Crippen molar-refractivity contribution in [3.8, 4) is 0 Å². The van der Waals surface area contributed by atoms with Crippen molar-refractivity contribution in [1.29, 1.82) is 0 Å². The summed E-state index contributed by atoms with van der Waals surface area (Å²) in [5.41, 5.74) is -2.09. The van der Waals surface area contributed by atoms with Crippen molar-refractivity contribution in [2.75, 3.05) is 0 Å². The molecular weight excluding hydrogens is 442 g/mol. The number of Topliss-reactive ketones (excluding diaryl/α,β-unsaturated/α-hetero) is 1. The molecule has 4 rings (SSSR count). The molecule has 0 bridgehead atoms. The first-order valence-electron chi connectivity index (χ1n) is 12.2. The monoisotopic (exact) mass is 465 g/mol. The Labute approximate surface area is 194 Å². The van der Waals surface area contributed by atoms with E-state index in [1.807, 2.05) is 5.32 Å². The fraction of sp³-hybridized carbons (Fsp3) is 0.304. The zero-order valence-corrected chi connectivity index (χ0v) is 17.1. The van der Waals surface area contributed by atoms with Gasteiger partial charge in [-0.25, -0.2) is 0 Å². The van der Waals surface area contributed by atoms with Crippen LogP contribution in [-0.4, -0.2) is 34.4 Å². The van der Waals surface area contributed by atoms with Crippen molar-refractivity contribution < 1.29 is 34.8 Å². The van der Waals surface area contributed by atoms with Gasteiger partial charge >= 0.3 is 5.92 Å². The van der Waals surface area contributed by atoms with E-state index in [-0.39, 0.29) is 17.9 Å². The van der Waals surface area contributed by atoms with E-state index >= 15 is 0 Å². The lowest BCUT2D eigenvalue weighted by Crippen LogP contribution is -2.52. The van der Waals surface area contributed by atoms with Gasteiger partial charge in [0.05, 0.1) is 5.48 Å². The number of hydrogen-bond acceptors (Lipinski definition) is 4. The standard InChI is InChI=1S/C23H19ClF2N2O4/c24-16-5-3-15(4-6-16)23(25,26)19(29)9-2-13-1-7-17-14(11-13)12-28(22(17)32)18-8-10-20(30)27-21(18)31/h1,3-7,11,18H,2,8-10,12H2,(H,27,30,31)/i1D,2D,11D,12D2. The van der Waals surface area contributed by atoms with Crippen LogP contribution >= 0.6 is 11.6 Å². The summed E-state index contributed by atoms with van der Waals surface area (Å²) < 4.78 is 71.5. The van der Waals surface area contributed by atoms with Crippen molar-refractivity contribution in [2.24, 2.45) is 0 Å². The fourth-order valence-corrected chi connectivity index (χ4v) is 3.55. The van der Waals surface area contributed by atoms with Crippen LogP contribution in [0.2, 0.25) is 5.02 Å². The van der Waals surface area contributed by atoms with E-state index in [1.54, 1.807) is 0 Å². The maximum absolute atomic E-state index is 14.7. The summed E-state index contributed by atoms with van der Waals surface area (Å²) in [5.74, 6) is -8.11. The molecule has 2 aliphatic heterocycles. The number of piperidine rings is 1. The van der Waals surface area contributed by atoms with Gasteiger partial charge in [0.15, 0.2) is 0 Å². The first kappa shape index (κ1) is 16.5. The maximum atomic E-state index is 14.7. The average Bonchev–Trinajstić information content (AvgIpc) is 2.99. The number of alkyl halides is 2. The predicted molar refractivity (Wildman–Crippen MR) is 111 cm³/mol. The molecule has 0 radical (unpaired) electrons. The molecule has 2 atom stereocenters. The number of halogens is 3. The molecule has 3 amide bonds. The molecule has 2 heterocycles. The van der Waals surface area contributed by atoms with Crippen LogP contribution in [0.1, 0.15) is 53.2 Å². The van der Waals surface area contributed by atoms with E-state index < -0.39 is 89.1 Å². The molecular formula is C23H19ClF2N2O4. The summed E-state index contributed by atoms with van der Waals surface area (Å²) in [6.45, 7) is -2.74. The van der Waals surface area contributed by atoms with Crippen LogP contribution < -0.4 is 5.32 Å². The molecule has 0 spiro atoms. The molecule has 0 aliphatic carbocycles. The minimum absolute atomic E-state index is 0.145. The molecule has 1 N–H and O–H groups in total. The predicted octanol–water partition coefficient (Wildman–Crippen LogP) is 3.39. The van der Waals surface area contributed by atoms with Gasteiger partial charge in [0.25, 0.3) is 5.91 Å². The molecule has 0 aromatic heterocycles. The molecule has 9 heteroatoms. The van der Waals surface area contributed by atoms with Gasteiger partial charge in [-0.1, -0.05) is 35.8 Å². The van der Waals surface area contributed by atoms with Gasteiger partial charge in [0, 0.05) is 36.9 Å². The number of nitrogens with zero attached hydrogens (tertiary/aromatic N) is 1. The third-order valence-electron chi connectivity index (χ3n) is 5.15. The van der Waals surface area contributed by atoms with E-state index in [4.69, 9.17) is 18.5 Å². The molecule has 166 valence electrons. The van der Waals surface area contributed by atoms with E-state index in [2.05, 4.69) is 0 Å². The second-order valence-corrected chi connectivity index (χ2v) is 7.72. The van der Waals surface area contributed by atoms with Crippen molar-refractivity contribution in [2.45, 2.75) is 44.1 Å². The van der Waals surface area contributed by atoms with Gasteiger partial charge in [0.2, 0.25) is 17.6 Å². The van der Waals surface area contributed by atoms with E-state index in [0.717, 1.165) is 18.2 Å². The van der Waals surface area contributed by atoms with Crippen molar-refractivity contribution in [3.05, 3.63) is 69.7 Å². The number of carbonyl (C=O) groups excluding carboxylic acids is 4. The summed E-state index contributed by atoms with van der Waals surface area (Å²) in [5, 5.41) is 2.21. The zero-order valence-electron chi connectivity index (χ0n) is 21.4. The Bertz CT molecular complexity index is 1340. The average molecular weight is 466 g/mol. The number of nitrogens with one attached hydrogen (secondary N) is 1. The Balaban J connectivity index is 1.67. The smallest absolute Gasteiger partial charge is 0.322 e. The van der Waals surface area contributed by atoms with Crippen LogP contribution in [-0.2, 0) is 33.2 Å². The Morgan fingerprint density at radius 2 is 2.00 bits per heavy atom. The summed E-state index contributed by atoms with van der Waals surface area (Å²) in [6, 6.07) is 2.46. The number of carbonyl (C=O) groups is 4. The molecule has 2 aliphatic rings. The summed E-state index contributed by atoms with van der Waals surface area (Å²) in [4.78, 5) is 49.9. The lowest BCUT2D eigenvalue weighted by Gasteiger charge is -2.29. The quantitative estimate of drug-likeness (QED) is 0.663. The second kappa shape index (κ2) is 8.43. The van der Waals surface area contributed by atoms with E-state index in [9.17, 15) is 28.0 Å². The first-order chi connectivity index (χ1) is 17.2. The Morgan fingerprint density at radius 3 is 2.69 bits per heavy atom. The Kier molecular flexibility index (Phi) is 4.34. The summed E-state index contributed by atoms with van der Waals surface area (Å²) >= 11 is 5.70. The van der Waals surface area contributed by atoms with Gasteiger partial charge in [0.1, 0.15) is 6.04 Å². The fourth-order valence-electron chi connectivity index (χ4n) is 3.42. The highest BCUT2D eigenvalue weighted by molar-refractivity contribution is 6.30. The highest BCUT2D eigenvalue weighted by Gasteiger charge is 2.41. The molecule has 2 unspecified atom stereocenters. The lowest BCUT2D eigenvalue weighted by molar-refractivity contribution is -0.144. The minimum atomic E-state index is -3.99. The Morgan fingerprint density at radius 1 is 1.28 bits per heavy atom. The highest BCUT2D eigenvalue weighted by atomic mass is 35.5. The van der Waals surface area contributed by atoms with Gasteiger partial charge in [-0.15, -0.1) is 0 Å². The Hall–Kier alpha value is -3.13. The van der Waals surface area contributed by atoms with E-state index in [1.165, 1.54) is 12.1 Å². The number of rotatable bonds is 6. The van der Waals surface area contributed by atoms with Crippen molar-refractivity contribution >= 4 is 35.1 Å². The SMILES string of the molecule is [2H]c1cc2c(c([2H])c1C([2H])CC(=O)C(F)(F)c1ccc(Cl)cc1)C([2H])([2H])N(C1CCC(=O)NC1=O)C2=O.